The van der Waals surface area contributed by atoms with Gasteiger partial charge in [-0.1, -0.05) is 11.6 Å². The topological polar surface area (TPSA) is 92.8 Å². The quantitative estimate of drug-likeness (QED) is 0.474. The van der Waals surface area contributed by atoms with Gasteiger partial charge in [-0.05, 0) is 67.3 Å². The molecule has 1 aromatic carbocycles. The molecule has 8 nitrogen and oxygen atoms in total. The van der Waals surface area contributed by atoms with Crippen molar-refractivity contribution in [2.45, 2.75) is 38.0 Å². The van der Waals surface area contributed by atoms with Crippen LogP contribution in [0.25, 0.3) is 6.08 Å². The van der Waals surface area contributed by atoms with Gasteiger partial charge in [0.2, 0.25) is 0 Å². The lowest BCUT2D eigenvalue weighted by atomic mass is 10.2. The number of nitrogens with one attached hydrogen (secondary N) is 2. The van der Waals surface area contributed by atoms with Gasteiger partial charge in [-0.2, -0.15) is 0 Å². The van der Waals surface area contributed by atoms with Gasteiger partial charge in [0.1, 0.15) is 5.82 Å². The Bertz CT molecular complexity index is 975. The molecule has 2 fully saturated rings. The predicted octanol–water partition coefficient (Wildman–Crippen LogP) is 3.65. The Balaban J connectivity index is 1.22. The average molecular weight is 471 g/mol. The highest BCUT2D eigenvalue weighted by Crippen LogP contribution is 2.19. The molecular weight excluding hydrogens is 444 g/mol. The van der Waals surface area contributed by atoms with E-state index in [1.807, 2.05) is 17.0 Å². The van der Waals surface area contributed by atoms with Crippen LogP contribution in [0.3, 0.4) is 0 Å². The molecule has 4 rings (SSSR count). The summed E-state index contributed by atoms with van der Waals surface area (Å²) < 4.78 is 5.40. The van der Waals surface area contributed by atoms with Crippen LogP contribution in [0.15, 0.2) is 48.7 Å². The molecule has 2 aliphatic heterocycles. The van der Waals surface area contributed by atoms with E-state index in [1.54, 1.807) is 36.5 Å². The molecule has 2 aromatic rings. The second kappa shape index (κ2) is 11.3. The van der Waals surface area contributed by atoms with Crippen LogP contribution >= 0.6 is 11.6 Å². The number of hydrogen-bond acceptors (Lipinski definition) is 6. The number of rotatable bonds is 7. The van der Waals surface area contributed by atoms with Crippen LogP contribution in [-0.4, -0.2) is 53.7 Å². The first-order valence-corrected chi connectivity index (χ1v) is 11.5. The molecule has 1 aromatic heterocycles. The molecule has 3 heterocycles. The van der Waals surface area contributed by atoms with Crippen molar-refractivity contribution in [3.63, 3.8) is 0 Å². The van der Waals surface area contributed by atoms with Crippen LogP contribution in [0.5, 0.6) is 0 Å². The van der Waals surface area contributed by atoms with E-state index < -0.39 is 0 Å². The number of benzene rings is 1. The number of aromatic nitrogens is 1. The zero-order chi connectivity index (χ0) is 23.0. The minimum Gasteiger partial charge on any atom is -0.365 e. The summed E-state index contributed by atoms with van der Waals surface area (Å²) in [6.07, 6.45) is 8.03. The molecule has 0 radical (unpaired) electrons. The molecule has 0 spiro atoms. The van der Waals surface area contributed by atoms with Crippen LogP contribution < -0.4 is 10.8 Å². The summed E-state index contributed by atoms with van der Waals surface area (Å²) in [7, 11) is 0. The summed E-state index contributed by atoms with van der Waals surface area (Å²) in [4.78, 5) is 36.1. The van der Waals surface area contributed by atoms with Crippen LogP contribution in [0.2, 0.25) is 5.02 Å². The monoisotopic (exact) mass is 470 g/mol. The van der Waals surface area contributed by atoms with Gasteiger partial charge in [-0.25, -0.2) is 15.3 Å². The van der Waals surface area contributed by atoms with Crippen molar-refractivity contribution in [1.29, 1.82) is 0 Å². The van der Waals surface area contributed by atoms with Crippen LogP contribution in [0.1, 0.15) is 41.6 Å². The first-order chi connectivity index (χ1) is 16.1. The Morgan fingerprint density at radius 3 is 2.73 bits per heavy atom. The summed E-state index contributed by atoms with van der Waals surface area (Å²) in [5.41, 5.74) is 3.81. The Labute approximate surface area is 197 Å². The number of halogens is 1. The Morgan fingerprint density at radius 2 is 2.00 bits per heavy atom. The molecule has 33 heavy (non-hydrogen) atoms. The first-order valence-electron chi connectivity index (χ1n) is 11.1. The number of anilines is 1. The lowest BCUT2D eigenvalue weighted by Gasteiger charge is -2.21. The van der Waals surface area contributed by atoms with E-state index in [9.17, 15) is 9.59 Å². The number of pyridine rings is 1. The largest absolute Gasteiger partial charge is 0.365 e. The second-order valence-electron chi connectivity index (χ2n) is 8.08. The van der Waals surface area contributed by atoms with E-state index in [4.69, 9.17) is 21.2 Å². The highest BCUT2D eigenvalue weighted by molar-refractivity contribution is 6.30. The minimum atomic E-state index is -0.379. The number of hydrogen-bond donors (Lipinski definition) is 2. The number of likely N-dealkylation sites (tertiary alicyclic amines) is 1. The molecule has 2 saturated heterocycles. The number of carbonyl (C=O) groups excluding carboxylic acids is 2. The number of ether oxygens (including phenoxy) is 1. The number of amides is 2. The SMILES string of the molecule is O=C(/C=C/c1ccc(N[C@@H]2CCN(C(=O)c3ccc(Cl)cc3)C2)nc1)NOC1CCCCO1. The predicted molar refractivity (Wildman–Crippen MR) is 125 cm³/mol. The average Bonchev–Trinajstić information content (AvgIpc) is 3.31. The third-order valence-corrected chi connectivity index (χ3v) is 5.81. The Morgan fingerprint density at radius 1 is 1.15 bits per heavy atom. The summed E-state index contributed by atoms with van der Waals surface area (Å²) >= 11 is 5.90. The van der Waals surface area contributed by atoms with E-state index in [1.165, 1.54) is 6.08 Å². The standard InChI is InChI=1S/C24H27ClN4O4/c25-19-8-6-18(7-9-19)24(31)29-13-12-20(16-29)27-21-10-4-17(15-26-21)5-11-22(30)28-33-23-3-1-2-14-32-23/h4-11,15,20,23H,1-3,12-14,16H2,(H,26,27)(H,28,30)/b11-5+/t20-,23?/m1/s1. The third kappa shape index (κ3) is 6.77. The van der Waals surface area contributed by atoms with Gasteiger partial charge in [-0.3, -0.25) is 9.59 Å². The van der Waals surface area contributed by atoms with Crippen molar-refractivity contribution in [3.8, 4) is 0 Å². The van der Waals surface area contributed by atoms with Gasteiger partial charge in [0.25, 0.3) is 11.8 Å². The van der Waals surface area contributed by atoms with Crippen molar-refractivity contribution in [3.05, 3.63) is 64.8 Å². The van der Waals surface area contributed by atoms with Crippen molar-refractivity contribution in [1.82, 2.24) is 15.4 Å². The second-order valence-corrected chi connectivity index (χ2v) is 8.51. The zero-order valence-corrected chi connectivity index (χ0v) is 19.0. The lowest BCUT2D eigenvalue weighted by Crippen LogP contribution is -2.32. The van der Waals surface area contributed by atoms with Gasteiger partial charge in [-0.15, -0.1) is 0 Å². The first kappa shape index (κ1) is 23.2. The Hall–Kier alpha value is -2.94. The highest BCUT2D eigenvalue weighted by Gasteiger charge is 2.27. The summed E-state index contributed by atoms with van der Waals surface area (Å²) in [5, 5.41) is 3.98. The molecule has 2 amide bonds. The Kier molecular flexibility index (Phi) is 7.93. The van der Waals surface area contributed by atoms with Crippen LogP contribution in [0, 0.1) is 0 Å². The third-order valence-electron chi connectivity index (χ3n) is 5.56. The van der Waals surface area contributed by atoms with E-state index in [0.717, 1.165) is 37.1 Å². The maximum atomic E-state index is 12.6. The smallest absolute Gasteiger partial charge is 0.267 e. The van der Waals surface area contributed by atoms with E-state index >= 15 is 0 Å². The van der Waals surface area contributed by atoms with Gasteiger partial charge >= 0.3 is 0 Å². The fraction of sp³-hybridized carbons (Fsp3) is 0.375. The van der Waals surface area contributed by atoms with Crippen molar-refractivity contribution in [2.75, 3.05) is 25.0 Å². The number of hydroxylamine groups is 1. The maximum absolute atomic E-state index is 12.6. The van der Waals surface area contributed by atoms with E-state index in [-0.39, 0.29) is 24.1 Å². The lowest BCUT2D eigenvalue weighted by molar-refractivity contribution is -0.198. The molecule has 9 heteroatoms. The van der Waals surface area contributed by atoms with Gasteiger partial charge in [0.05, 0.1) is 0 Å². The van der Waals surface area contributed by atoms with Crippen molar-refractivity contribution in [2.24, 2.45) is 0 Å². The number of nitrogens with zero attached hydrogens (tertiary/aromatic N) is 2. The summed E-state index contributed by atoms with van der Waals surface area (Å²) in [5.74, 6) is 0.365. The van der Waals surface area contributed by atoms with E-state index in [0.29, 0.717) is 30.3 Å². The van der Waals surface area contributed by atoms with Crippen molar-refractivity contribution < 1.29 is 19.2 Å². The number of carbonyl (C=O) groups is 2. The fourth-order valence-electron chi connectivity index (χ4n) is 3.77. The molecular formula is C24H27ClN4O4. The van der Waals surface area contributed by atoms with E-state index in [2.05, 4.69) is 15.8 Å². The molecule has 0 bridgehead atoms. The summed E-state index contributed by atoms with van der Waals surface area (Å²) in [6, 6.07) is 10.8. The molecule has 2 aliphatic rings. The summed E-state index contributed by atoms with van der Waals surface area (Å²) in [6.45, 7) is 1.94. The molecule has 1 unspecified atom stereocenters. The normalized spacial score (nSPS) is 20.7. The maximum Gasteiger partial charge on any atom is 0.267 e. The van der Waals surface area contributed by atoms with Crippen molar-refractivity contribution >= 4 is 35.3 Å². The van der Waals surface area contributed by atoms with Gasteiger partial charge in [0, 0.05) is 55.0 Å². The van der Waals surface area contributed by atoms with Gasteiger partial charge < -0.3 is 15.0 Å². The van der Waals surface area contributed by atoms with Gasteiger partial charge in [0.15, 0.2) is 6.29 Å². The molecule has 0 saturated carbocycles. The molecule has 0 aliphatic carbocycles. The molecule has 2 N–H and O–H groups in total. The molecule has 2 atom stereocenters. The molecule has 174 valence electrons. The fourth-order valence-corrected chi connectivity index (χ4v) is 3.90. The minimum absolute atomic E-state index is 0.00159. The van der Waals surface area contributed by atoms with Crippen LogP contribution in [-0.2, 0) is 14.4 Å². The zero-order valence-electron chi connectivity index (χ0n) is 18.2. The highest BCUT2D eigenvalue weighted by atomic mass is 35.5. The van der Waals surface area contributed by atoms with Crippen LogP contribution in [0.4, 0.5) is 5.82 Å².